The standard InChI is InChI=1S/C38H55N3O8/c1-7-9-19-29(43)39-27(25-47-6)32(26-17-13-12-14-18-26)48-36(46)30-28-20-21-38(49-28)31(30)34(44)40(23-15-10-11-16-24-42)33(38)35(45)41(22-8-2)37(3,4)5/h7-8,12-14,17-18,27-28,30-33,42H,1-2,9-11,15-16,19-25H2,3-6H3,(H,39,43)/t27-,28-,30+,31+,32-,33-,38+/m1/s1. The number of rotatable bonds is 19. The fraction of sp³-hybridized carbons (Fsp3) is 0.632. The Labute approximate surface area is 291 Å². The number of aliphatic hydroxyl groups excluding tert-OH is 1. The van der Waals surface area contributed by atoms with Crippen molar-refractivity contribution < 1.29 is 38.5 Å². The number of nitrogens with one attached hydrogen (secondary N) is 1. The molecule has 11 nitrogen and oxygen atoms in total. The van der Waals surface area contributed by atoms with Gasteiger partial charge in [-0.25, -0.2) is 0 Å². The fourth-order valence-corrected chi connectivity index (χ4v) is 7.78. The minimum atomic E-state index is -1.18. The van der Waals surface area contributed by atoms with Gasteiger partial charge in [-0.2, -0.15) is 0 Å². The zero-order valence-electron chi connectivity index (χ0n) is 29.6. The van der Waals surface area contributed by atoms with E-state index in [1.54, 1.807) is 22.0 Å². The average molecular weight is 682 g/mol. The first kappa shape index (κ1) is 38.3. The molecule has 7 atom stereocenters. The molecule has 270 valence electrons. The Balaban J connectivity index is 1.68. The lowest BCUT2D eigenvalue weighted by molar-refractivity contribution is -0.163. The molecule has 3 aliphatic rings. The number of hydrogen-bond donors (Lipinski definition) is 2. The van der Waals surface area contributed by atoms with Crippen LogP contribution in [-0.2, 0) is 33.4 Å². The molecule has 3 amide bonds. The minimum absolute atomic E-state index is 0.0795. The summed E-state index contributed by atoms with van der Waals surface area (Å²) in [5, 5.41) is 12.2. The Morgan fingerprint density at radius 3 is 2.49 bits per heavy atom. The molecule has 0 unspecified atom stereocenters. The van der Waals surface area contributed by atoms with Crippen molar-refractivity contribution in [3.8, 4) is 0 Å². The van der Waals surface area contributed by atoms with Crippen LogP contribution in [0.3, 0.4) is 0 Å². The lowest BCUT2D eigenvalue weighted by Gasteiger charge is -2.42. The van der Waals surface area contributed by atoms with Gasteiger partial charge in [0.15, 0.2) is 0 Å². The molecule has 4 rings (SSSR count). The van der Waals surface area contributed by atoms with Crippen LogP contribution in [0.5, 0.6) is 0 Å². The number of benzene rings is 1. The lowest BCUT2D eigenvalue weighted by Crippen LogP contribution is -2.59. The van der Waals surface area contributed by atoms with E-state index in [2.05, 4.69) is 18.5 Å². The van der Waals surface area contributed by atoms with Gasteiger partial charge in [0.2, 0.25) is 17.7 Å². The number of fused-ring (bicyclic) bond motifs is 1. The van der Waals surface area contributed by atoms with Crippen LogP contribution in [0.1, 0.15) is 83.8 Å². The van der Waals surface area contributed by atoms with E-state index < -0.39 is 53.2 Å². The van der Waals surface area contributed by atoms with Gasteiger partial charge in [-0.05, 0) is 58.4 Å². The Hall–Kier alpha value is -3.54. The third-order valence-electron chi connectivity index (χ3n) is 10.0. The van der Waals surface area contributed by atoms with Crippen molar-refractivity contribution in [2.45, 2.75) is 108 Å². The molecule has 1 spiro atoms. The van der Waals surface area contributed by atoms with Gasteiger partial charge in [0.25, 0.3) is 0 Å². The highest BCUT2D eigenvalue weighted by molar-refractivity contribution is 5.98. The van der Waals surface area contributed by atoms with Crippen molar-refractivity contribution in [1.82, 2.24) is 15.1 Å². The zero-order valence-corrected chi connectivity index (χ0v) is 29.6. The van der Waals surface area contributed by atoms with Gasteiger partial charge in [-0.1, -0.05) is 55.3 Å². The molecule has 3 aliphatic heterocycles. The van der Waals surface area contributed by atoms with Crippen molar-refractivity contribution in [3.05, 3.63) is 61.2 Å². The molecule has 1 aromatic carbocycles. The topological polar surface area (TPSA) is 135 Å². The number of carbonyl (C=O) groups is 4. The van der Waals surface area contributed by atoms with E-state index in [0.29, 0.717) is 50.8 Å². The summed E-state index contributed by atoms with van der Waals surface area (Å²) in [5.74, 6) is -3.15. The van der Waals surface area contributed by atoms with Crippen LogP contribution in [-0.4, -0.2) is 101 Å². The number of hydrogen-bond acceptors (Lipinski definition) is 8. The second-order valence-corrected chi connectivity index (χ2v) is 14.4. The predicted molar refractivity (Wildman–Crippen MR) is 185 cm³/mol. The van der Waals surface area contributed by atoms with Crippen LogP contribution in [0.2, 0.25) is 0 Å². The zero-order chi connectivity index (χ0) is 35.8. The van der Waals surface area contributed by atoms with Gasteiger partial charge in [-0.15, -0.1) is 13.2 Å². The van der Waals surface area contributed by atoms with Crippen molar-refractivity contribution in [2.24, 2.45) is 11.8 Å². The van der Waals surface area contributed by atoms with Crippen LogP contribution in [0.4, 0.5) is 0 Å². The number of carbonyl (C=O) groups excluding carboxylic acids is 4. The van der Waals surface area contributed by atoms with Gasteiger partial charge in [0.1, 0.15) is 17.7 Å². The summed E-state index contributed by atoms with van der Waals surface area (Å²) < 4.78 is 18.4. The van der Waals surface area contributed by atoms with E-state index >= 15 is 0 Å². The number of amides is 3. The Bertz CT molecular complexity index is 1330. The van der Waals surface area contributed by atoms with Gasteiger partial charge >= 0.3 is 5.97 Å². The summed E-state index contributed by atoms with van der Waals surface area (Å²) in [6, 6.07) is 7.55. The summed E-state index contributed by atoms with van der Waals surface area (Å²) >= 11 is 0. The lowest BCUT2D eigenvalue weighted by atomic mass is 9.70. The van der Waals surface area contributed by atoms with Gasteiger partial charge in [0, 0.05) is 38.8 Å². The highest BCUT2D eigenvalue weighted by atomic mass is 16.6. The smallest absolute Gasteiger partial charge is 0.313 e. The van der Waals surface area contributed by atoms with E-state index in [0.717, 1.165) is 12.8 Å². The van der Waals surface area contributed by atoms with Crippen molar-refractivity contribution in [1.29, 1.82) is 0 Å². The van der Waals surface area contributed by atoms with Crippen LogP contribution >= 0.6 is 0 Å². The second-order valence-electron chi connectivity index (χ2n) is 14.4. The first-order valence-electron chi connectivity index (χ1n) is 17.6. The monoisotopic (exact) mass is 681 g/mol. The number of aliphatic hydroxyl groups is 1. The van der Waals surface area contributed by atoms with Gasteiger partial charge in [-0.3, -0.25) is 19.2 Å². The third-order valence-corrected chi connectivity index (χ3v) is 10.0. The third kappa shape index (κ3) is 8.27. The number of methoxy groups -OCH3 is 1. The Morgan fingerprint density at radius 2 is 1.86 bits per heavy atom. The maximum atomic E-state index is 14.6. The summed E-state index contributed by atoms with van der Waals surface area (Å²) in [4.78, 5) is 59.7. The Morgan fingerprint density at radius 1 is 1.14 bits per heavy atom. The van der Waals surface area contributed by atoms with Crippen molar-refractivity contribution in [2.75, 3.05) is 33.4 Å². The van der Waals surface area contributed by atoms with E-state index in [9.17, 15) is 24.3 Å². The first-order chi connectivity index (χ1) is 23.4. The van der Waals surface area contributed by atoms with Gasteiger partial charge < -0.3 is 34.4 Å². The quantitative estimate of drug-likeness (QED) is 0.127. The molecular formula is C38H55N3O8. The highest BCUT2D eigenvalue weighted by Gasteiger charge is 2.75. The maximum absolute atomic E-state index is 14.6. The fourth-order valence-electron chi connectivity index (χ4n) is 7.78. The van der Waals surface area contributed by atoms with Crippen molar-refractivity contribution >= 4 is 23.7 Å². The molecule has 2 N–H and O–H groups in total. The van der Waals surface area contributed by atoms with Crippen LogP contribution in [0.15, 0.2) is 55.6 Å². The van der Waals surface area contributed by atoms with Crippen LogP contribution in [0.25, 0.3) is 0 Å². The molecule has 0 saturated carbocycles. The van der Waals surface area contributed by atoms with E-state index in [4.69, 9.17) is 14.2 Å². The van der Waals surface area contributed by atoms with Crippen LogP contribution < -0.4 is 5.32 Å². The molecule has 49 heavy (non-hydrogen) atoms. The number of esters is 1. The summed E-state index contributed by atoms with van der Waals surface area (Å²) in [5.41, 5.74) is -1.06. The summed E-state index contributed by atoms with van der Waals surface area (Å²) in [6.07, 6.45) is 6.43. The summed E-state index contributed by atoms with van der Waals surface area (Å²) in [6.45, 7) is 14.2. The highest BCUT2D eigenvalue weighted by Crippen LogP contribution is 2.59. The molecule has 1 aromatic rings. The molecule has 0 aliphatic carbocycles. The molecular weight excluding hydrogens is 626 g/mol. The largest absolute Gasteiger partial charge is 0.455 e. The number of unbranched alkanes of at least 4 members (excludes halogenated alkanes) is 3. The first-order valence-corrected chi connectivity index (χ1v) is 17.6. The SMILES string of the molecule is C=CCCC(=O)N[C@H](COC)[C@H](OC(=O)[C@@H]1[C@H]2C(=O)N(CCCCCCO)[C@H](C(=O)N(CC=C)C(C)(C)C)[C@]23CC[C@H]1O3)c1ccccc1. The number of ether oxygens (including phenoxy) is 3. The maximum Gasteiger partial charge on any atom is 0.313 e. The molecule has 0 aromatic heterocycles. The van der Waals surface area contributed by atoms with Crippen molar-refractivity contribution in [3.63, 3.8) is 0 Å². The molecule has 0 radical (unpaired) electrons. The van der Waals surface area contributed by atoms with E-state index in [-0.39, 0.29) is 37.4 Å². The normalized spacial score (nSPS) is 25.4. The average Bonchev–Trinajstić information content (AvgIpc) is 3.71. The van der Waals surface area contributed by atoms with Gasteiger partial charge in [0.05, 0.1) is 30.6 Å². The molecule has 3 fully saturated rings. The number of likely N-dealkylation sites (tertiary alicyclic amines) is 1. The van der Waals surface area contributed by atoms with E-state index in [1.807, 2.05) is 51.1 Å². The van der Waals surface area contributed by atoms with Crippen LogP contribution in [0, 0.1) is 11.8 Å². The second kappa shape index (κ2) is 16.9. The minimum Gasteiger partial charge on any atom is -0.455 e. The predicted octanol–water partition coefficient (Wildman–Crippen LogP) is 4.11. The van der Waals surface area contributed by atoms with E-state index in [1.165, 1.54) is 7.11 Å². The molecule has 3 saturated heterocycles. The number of nitrogens with zero attached hydrogens (tertiary/aromatic N) is 2. The number of allylic oxidation sites excluding steroid dienone is 1. The molecule has 11 heteroatoms. The summed E-state index contributed by atoms with van der Waals surface area (Å²) in [7, 11) is 1.51. The Kier molecular flexibility index (Phi) is 13.2. The molecule has 3 heterocycles. The molecule has 2 bridgehead atoms.